The van der Waals surface area contributed by atoms with Crippen molar-refractivity contribution >= 4 is 29.0 Å². The molecule has 3 nitrogen and oxygen atoms in total. The predicted molar refractivity (Wildman–Crippen MR) is 69.4 cm³/mol. The van der Waals surface area contributed by atoms with Gasteiger partial charge in [-0.3, -0.25) is 4.79 Å². The molecule has 0 saturated heterocycles. The zero-order valence-corrected chi connectivity index (χ0v) is 14.1. The number of Topliss-reactive ketones (excluding diaryl/α,β-unsaturated/α-hetero) is 1. The van der Waals surface area contributed by atoms with Crippen molar-refractivity contribution in [3.8, 4) is 0 Å². The summed E-state index contributed by atoms with van der Waals surface area (Å²) in [6, 6.07) is 0. The van der Waals surface area contributed by atoms with Crippen LogP contribution >= 0.6 is 23.2 Å². The van der Waals surface area contributed by atoms with Gasteiger partial charge in [-0.15, -0.1) is 0 Å². The topological polar surface area (TPSA) is 57.5 Å². The van der Waals surface area contributed by atoms with Crippen LogP contribution in [-0.4, -0.2) is 50.3 Å². The first kappa shape index (κ1) is 24.5. The van der Waals surface area contributed by atoms with Gasteiger partial charge in [0.1, 0.15) is 5.78 Å². The fraction of sp³-hybridized carbons (Fsp3) is 0.917. The standard InChI is InChI=1S/C12H10Cl2F10O3/c13-9(15,16)7(26,11(19,20)21)4-1-2-5(6(25)3-4)8(27,10(14,17)18)12(22,23)24/h4-5,26-27H,1-3H2/t4-,5-,7+,8+/m1/s1. The summed E-state index contributed by atoms with van der Waals surface area (Å²) in [7, 11) is 0. The summed E-state index contributed by atoms with van der Waals surface area (Å²) in [5.41, 5.74) is -10.2. The molecule has 0 unspecified atom stereocenters. The molecule has 0 aromatic rings. The lowest BCUT2D eigenvalue weighted by atomic mass is 9.67. The molecule has 160 valence electrons. The van der Waals surface area contributed by atoms with Crippen LogP contribution in [-0.2, 0) is 4.79 Å². The molecule has 1 aliphatic carbocycles. The molecular weight excluding hydrogens is 453 g/mol. The number of ketones is 1. The fourth-order valence-corrected chi connectivity index (χ4v) is 3.49. The average molecular weight is 463 g/mol. The van der Waals surface area contributed by atoms with Crippen molar-refractivity contribution < 1.29 is 58.9 Å². The van der Waals surface area contributed by atoms with Crippen LogP contribution in [0, 0.1) is 11.8 Å². The van der Waals surface area contributed by atoms with Gasteiger partial charge < -0.3 is 10.2 Å². The van der Waals surface area contributed by atoms with Gasteiger partial charge in [0.05, 0.1) is 5.92 Å². The van der Waals surface area contributed by atoms with Crippen molar-refractivity contribution in [1.82, 2.24) is 0 Å². The van der Waals surface area contributed by atoms with Crippen LogP contribution in [0.5, 0.6) is 0 Å². The lowest BCUT2D eigenvalue weighted by Crippen LogP contribution is -2.66. The Morgan fingerprint density at radius 2 is 1.11 bits per heavy atom. The number of halogens is 12. The fourth-order valence-electron chi connectivity index (χ4n) is 2.99. The number of carbonyl (C=O) groups excluding carboxylic acids is 1. The van der Waals surface area contributed by atoms with E-state index in [-0.39, 0.29) is 0 Å². The maximum absolute atomic E-state index is 13.2. The summed E-state index contributed by atoms with van der Waals surface area (Å²) < 4.78 is 130. The molecule has 15 heteroatoms. The van der Waals surface area contributed by atoms with Crippen LogP contribution in [0.4, 0.5) is 43.9 Å². The highest BCUT2D eigenvalue weighted by atomic mass is 35.5. The molecule has 0 bridgehead atoms. The summed E-state index contributed by atoms with van der Waals surface area (Å²) >= 11 is 8.56. The Labute approximate surface area is 154 Å². The Bertz CT molecular complexity index is 550. The number of hydrogen-bond donors (Lipinski definition) is 2. The largest absolute Gasteiger partial charge is 0.425 e. The zero-order chi connectivity index (χ0) is 21.9. The first-order valence-corrected chi connectivity index (χ1v) is 7.62. The van der Waals surface area contributed by atoms with Crippen molar-refractivity contribution in [3.05, 3.63) is 0 Å². The summed E-state index contributed by atoms with van der Waals surface area (Å²) in [6.45, 7) is 0. The van der Waals surface area contributed by atoms with Crippen LogP contribution in [0.25, 0.3) is 0 Å². The van der Waals surface area contributed by atoms with E-state index in [1.807, 2.05) is 0 Å². The lowest BCUT2D eigenvalue weighted by Gasteiger charge is -2.45. The van der Waals surface area contributed by atoms with Gasteiger partial charge in [0, 0.05) is 12.3 Å². The highest BCUT2D eigenvalue weighted by molar-refractivity contribution is 6.23. The summed E-state index contributed by atoms with van der Waals surface area (Å²) in [5.74, 6) is -7.88. The number of rotatable bonds is 4. The minimum Gasteiger partial charge on any atom is -0.375 e. The lowest BCUT2D eigenvalue weighted by molar-refractivity contribution is -0.339. The number of hydrogen-bond acceptors (Lipinski definition) is 3. The van der Waals surface area contributed by atoms with E-state index in [0.717, 1.165) is 0 Å². The van der Waals surface area contributed by atoms with Crippen molar-refractivity contribution in [3.63, 3.8) is 0 Å². The molecule has 1 aliphatic rings. The van der Waals surface area contributed by atoms with Gasteiger partial charge >= 0.3 is 23.1 Å². The molecule has 0 aromatic carbocycles. The Morgan fingerprint density at radius 1 is 0.741 bits per heavy atom. The Morgan fingerprint density at radius 3 is 1.37 bits per heavy atom. The smallest absolute Gasteiger partial charge is 0.375 e. The molecular formula is C12H10Cl2F10O3. The van der Waals surface area contributed by atoms with E-state index in [0.29, 0.717) is 0 Å². The second-order valence-corrected chi connectivity index (χ2v) is 6.97. The molecule has 0 heterocycles. The molecule has 0 radical (unpaired) electrons. The number of carbonyl (C=O) groups is 1. The Hall–Kier alpha value is -0.530. The van der Waals surface area contributed by atoms with Crippen molar-refractivity contribution in [1.29, 1.82) is 0 Å². The zero-order valence-electron chi connectivity index (χ0n) is 12.6. The van der Waals surface area contributed by atoms with Crippen LogP contribution < -0.4 is 0 Å². The summed E-state index contributed by atoms with van der Waals surface area (Å²) in [6.07, 6.45) is -17.1. The van der Waals surface area contributed by atoms with Crippen LogP contribution in [0.2, 0.25) is 0 Å². The molecule has 27 heavy (non-hydrogen) atoms. The molecule has 0 spiro atoms. The molecule has 0 aliphatic heterocycles. The van der Waals surface area contributed by atoms with Gasteiger partial charge in [0.25, 0.3) is 0 Å². The van der Waals surface area contributed by atoms with E-state index in [9.17, 15) is 58.9 Å². The monoisotopic (exact) mass is 462 g/mol. The Kier molecular flexibility index (Phi) is 6.14. The normalized spacial score (nSPS) is 27.9. The van der Waals surface area contributed by atoms with E-state index in [2.05, 4.69) is 23.2 Å². The predicted octanol–water partition coefficient (Wildman–Crippen LogP) is 4.22. The van der Waals surface area contributed by atoms with Gasteiger partial charge in [-0.1, -0.05) is 0 Å². The molecule has 4 atom stereocenters. The maximum Gasteiger partial charge on any atom is 0.425 e. The van der Waals surface area contributed by atoms with Crippen molar-refractivity contribution in [2.75, 3.05) is 0 Å². The third kappa shape index (κ3) is 3.84. The van der Waals surface area contributed by atoms with Crippen LogP contribution in [0.1, 0.15) is 19.3 Å². The van der Waals surface area contributed by atoms with Crippen molar-refractivity contribution in [2.45, 2.75) is 53.6 Å². The maximum atomic E-state index is 13.2. The molecule has 0 amide bonds. The van der Waals surface area contributed by atoms with Gasteiger partial charge in [0.2, 0.25) is 11.2 Å². The van der Waals surface area contributed by atoms with E-state index in [4.69, 9.17) is 0 Å². The third-order valence-corrected chi connectivity index (χ3v) is 5.04. The van der Waals surface area contributed by atoms with E-state index in [1.54, 1.807) is 0 Å². The van der Waals surface area contributed by atoms with Gasteiger partial charge in [-0.25, -0.2) is 0 Å². The minimum absolute atomic E-state index is 1.42. The molecule has 1 rings (SSSR count). The highest BCUT2D eigenvalue weighted by Gasteiger charge is 2.76. The molecule has 2 N–H and O–H groups in total. The molecule has 1 saturated carbocycles. The van der Waals surface area contributed by atoms with Crippen LogP contribution in [0.3, 0.4) is 0 Å². The van der Waals surface area contributed by atoms with Crippen LogP contribution in [0.15, 0.2) is 0 Å². The second kappa shape index (κ2) is 6.77. The van der Waals surface area contributed by atoms with Gasteiger partial charge in [-0.2, -0.15) is 43.9 Å². The first-order chi connectivity index (χ1) is 11.6. The SMILES string of the molecule is O=C1C[C@H]([C@@](O)(C(F)(F)F)C(F)(F)Cl)CC[C@H]1[C@@](O)(C(F)(F)F)C(F)(F)Cl. The van der Waals surface area contributed by atoms with Gasteiger partial charge in [0.15, 0.2) is 0 Å². The molecule has 1 fully saturated rings. The minimum atomic E-state index is -6.19. The quantitative estimate of drug-likeness (QED) is 0.485. The summed E-state index contributed by atoms with van der Waals surface area (Å²) in [5, 5.41) is 7.97. The highest BCUT2D eigenvalue weighted by Crippen LogP contribution is 2.56. The number of aliphatic hydroxyl groups is 2. The van der Waals surface area contributed by atoms with E-state index >= 15 is 0 Å². The summed E-state index contributed by atoms with van der Waals surface area (Å²) in [4.78, 5) is 11.8. The van der Waals surface area contributed by atoms with Gasteiger partial charge in [-0.05, 0) is 36.0 Å². The third-order valence-electron chi connectivity index (χ3n) is 4.46. The van der Waals surface area contributed by atoms with E-state index in [1.165, 1.54) is 0 Å². The first-order valence-electron chi connectivity index (χ1n) is 6.86. The van der Waals surface area contributed by atoms with E-state index < -0.39 is 71.2 Å². The number of alkyl halides is 12. The Balaban J connectivity index is 3.32. The average Bonchev–Trinajstić information content (AvgIpc) is 2.40. The van der Waals surface area contributed by atoms with Crippen molar-refractivity contribution in [2.24, 2.45) is 11.8 Å². The second-order valence-electron chi connectivity index (χ2n) is 6.02. The molecule has 0 aromatic heterocycles.